The van der Waals surface area contributed by atoms with Crippen LogP contribution in [-0.4, -0.2) is 30.3 Å². The quantitative estimate of drug-likeness (QED) is 0.306. The van der Waals surface area contributed by atoms with Gasteiger partial charge in [-0.05, 0) is 53.6 Å². The largest absolute Gasteiger partial charge is 0.497 e. The molecule has 0 unspecified atom stereocenters. The van der Waals surface area contributed by atoms with Crippen molar-refractivity contribution < 1.29 is 14.3 Å². The molecule has 0 saturated heterocycles. The fourth-order valence-electron chi connectivity index (χ4n) is 3.05. The van der Waals surface area contributed by atoms with Gasteiger partial charge in [0.05, 0.1) is 14.2 Å². The Morgan fingerprint density at radius 3 is 2.09 bits per heavy atom. The number of carbonyl (C=O) groups excluding carboxylic acids is 1. The maximum absolute atomic E-state index is 13.2. The summed E-state index contributed by atoms with van der Waals surface area (Å²) in [5, 5.41) is 12.4. The van der Waals surface area contributed by atoms with Crippen molar-refractivity contribution in [3.05, 3.63) is 90.0 Å². The number of carbonyl (C=O) groups is 1. The number of hydrogen-bond donors (Lipinski definition) is 1. The number of amides is 1. The molecule has 7 heteroatoms. The van der Waals surface area contributed by atoms with Gasteiger partial charge in [0.2, 0.25) is 5.13 Å². The van der Waals surface area contributed by atoms with Gasteiger partial charge in [-0.1, -0.05) is 53.8 Å². The molecule has 1 N–H and O–H groups in total. The Morgan fingerprint density at radius 1 is 0.844 bits per heavy atom. The average molecular weight is 444 g/mol. The van der Waals surface area contributed by atoms with Crippen LogP contribution in [0, 0.1) is 0 Å². The average Bonchev–Trinajstić information content (AvgIpc) is 3.32. The van der Waals surface area contributed by atoms with Crippen molar-refractivity contribution in [1.82, 2.24) is 10.2 Å². The van der Waals surface area contributed by atoms with Gasteiger partial charge in [-0.3, -0.25) is 10.1 Å². The third-order valence-corrected chi connectivity index (χ3v) is 5.63. The number of rotatable bonds is 7. The minimum absolute atomic E-state index is 0.260. The molecule has 4 rings (SSSR count). The van der Waals surface area contributed by atoms with E-state index in [9.17, 15) is 4.79 Å². The number of aromatic nitrogens is 2. The van der Waals surface area contributed by atoms with E-state index >= 15 is 0 Å². The molecule has 0 spiro atoms. The molecule has 0 aliphatic rings. The van der Waals surface area contributed by atoms with E-state index in [2.05, 4.69) is 15.5 Å². The van der Waals surface area contributed by atoms with Crippen molar-refractivity contribution in [2.75, 3.05) is 19.5 Å². The molecule has 1 heterocycles. The SMILES string of the molecule is COc1ccc(/C=C(/C(=O)Nc2nnc(-c3ccc(OC)cc3)s2)c2ccccc2)cc1. The highest BCUT2D eigenvalue weighted by atomic mass is 32.1. The molecule has 0 bridgehead atoms. The highest BCUT2D eigenvalue weighted by Crippen LogP contribution is 2.29. The zero-order valence-corrected chi connectivity index (χ0v) is 18.4. The normalized spacial score (nSPS) is 11.1. The maximum Gasteiger partial charge on any atom is 0.258 e. The van der Waals surface area contributed by atoms with Crippen LogP contribution in [0.25, 0.3) is 22.2 Å². The number of ether oxygens (including phenoxy) is 2. The number of nitrogens with one attached hydrogen (secondary N) is 1. The molecule has 1 aromatic heterocycles. The van der Waals surface area contributed by atoms with Crippen LogP contribution in [0.5, 0.6) is 11.5 Å². The Kier molecular flexibility index (Phi) is 6.57. The van der Waals surface area contributed by atoms with E-state index < -0.39 is 0 Å². The molecule has 0 aliphatic carbocycles. The Labute approximate surface area is 190 Å². The lowest BCUT2D eigenvalue weighted by Gasteiger charge is -2.08. The molecule has 32 heavy (non-hydrogen) atoms. The van der Waals surface area contributed by atoms with Gasteiger partial charge in [0, 0.05) is 11.1 Å². The highest BCUT2D eigenvalue weighted by Gasteiger charge is 2.15. The molecular weight excluding hydrogens is 422 g/mol. The molecule has 0 atom stereocenters. The first-order chi connectivity index (χ1) is 15.7. The summed E-state index contributed by atoms with van der Waals surface area (Å²) in [7, 11) is 3.24. The first-order valence-corrected chi connectivity index (χ1v) is 10.7. The molecular formula is C25H21N3O3S. The van der Waals surface area contributed by atoms with Crippen LogP contribution in [-0.2, 0) is 4.79 Å². The number of benzene rings is 3. The lowest BCUT2D eigenvalue weighted by atomic mass is 10.0. The molecule has 0 aliphatic heterocycles. The number of nitrogens with zero attached hydrogens (tertiary/aromatic N) is 2. The molecule has 0 radical (unpaired) electrons. The molecule has 0 fully saturated rings. The van der Waals surface area contributed by atoms with Crippen molar-refractivity contribution in [2.24, 2.45) is 0 Å². The summed E-state index contributed by atoms with van der Waals surface area (Å²) in [6.07, 6.45) is 1.84. The van der Waals surface area contributed by atoms with Crippen LogP contribution in [0.1, 0.15) is 11.1 Å². The fraction of sp³-hybridized carbons (Fsp3) is 0.0800. The zero-order valence-electron chi connectivity index (χ0n) is 17.6. The van der Waals surface area contributed by atoms with Gasteiger partial charge < -0.3 is 9.47 Å². The van der Waals surface area contributed by atoms with E-state index in [1.54, 1.807) is 14.2 Å². The number of anilines is 1. The van der Waals surface area contributed by atoms with Crippen molar-refractivity contribution in [1.29, 1.82) is 0 Å². The van der Waals surface area contributed by atoms with Crippen LogP contribution < -0.4 is 14.8 Å². The minimum atomic E-state index is -0.260. The van der Waals surface area contributed by atoms with E-state index in [0.717, 1.165) is 28.2 Å². The Hall–Kier alpha value is -3.97. The molecule has 1 amide bonds. The van der Waals surface area contributed by atoms with E-state index in [1.807, 2.05) is 84.9 Å². The topological polar surface area (TPSA) is 73.3 Å². The third-order valence-electron chi connectivity index (χ3n) is 4.74. The predicted octanol–water partition coefficient (Wildman–Crippen LogP) is 5.40. The monoisotopic (exact) mass is 443 g/mol. The second kappa shape index (κ2) is 9.89. The Bertz CT molecular complexity index is 1220. The van der Waals surface area contributed by atoms with Crippen LogP contribution >= 0.6 is 11.3 Å². The summed E-state index contributed by atoms with van der Waals surface area (Å²) in [4.78, 5) is 13.2. The molecule has 4 aromatic rings. The molecule has 6 nitrogen and oxygen atoms in total. The molecule has 0 saturated carbocycles. The van der Waals surface area contributed by atoms with Crippen LogP contribution in [0.2, 0.25) is 0 Å². The Balaban J connectivity index is 1.59. The summed E-state index contributed by atoms with van der Waals surface area (Å²) >= 11 is 1.31. The van der Waals surface area contributed by atoms with Gasteiger partial charge in [-0.15, -0.1) is 10.2 Å². The summed E-state index contributed by atoms with van der Waals surface area (Å²) < 4.78 is 10.4. The van der Waals surface area contributed by atoms with Crippen molar-refractivity contribution in [3.63, 3.8) is 0 Å². The van der Waals surface area contributed by atoms with E-state index in [4.69, 9.17) is 9.47 Å². The predicted molar refractivity (Wildman–Crippen MR) is 128 cm³/mol. The number of hydrogen-bond acceptors (Lipinski definition) is 6. The summed E-state index contributed by atoms with van der Waals surface area (Å²) in [6.45, 7) is 0. The highest BCUT2D eigenvalue weighted by molar-refractivity contribution is 7.18. The van der Waals surface area contributed by atoms with Gasteiger partial charge in [-0.25, -0.2) is 0 Å². The fourth-order valence-corrected chi connectivity index (χ4v) is 3.80. The summed E-state index contributed by atoms with van der Waals surface area (Å²) in [6, 6.07) is 24.6. The summed E-state index contributed by atoms with van der Waals surface area (Å²) in [5.41, 5.74) is 3.12. The van der Waals surface area contributed by atoms with Gasteiger partial charge in [0.25, 0.3) is 5.91 Å². The Morgan fingerprint density at radius 2 is 1.47 bits per heavy atom. The third kappa shape index (κ3) is 5.01. The standard InChI is InChI=1S/C25H21N3O3S/c1-30-20-12-8-17(9-13-20)16-22(18-6-4-3-5-7-18)23(29)26-25-28-27-24(32-25)19-10-14-21(31-2)15-11-19/h3-16H,1-2H3,(H,26,28,29)/b22-16+. The zero-order chi connectivity index (χ0) is 22.3. The van der Waals surface area contributed by atoms with Gasteiger partial charge in [0.15, 0.2) is 0 Å². The van der Waals surface area contributed by atoms with Gasteiger partial charge in [-0.2, -0.15) is 0 Å². The van der Waals surface area contributed by atoms with Crippen LogP contribution in [0.3, 0.4) is 0 Å². The van der Waals surface area contributed by atoms with Crippen LogP contribution in [0.15, 0.2) is 78.9 Å². The second-order valence-corrected chi connectivity index (χ2v) is 7.77. The second-order valence-electron chi connectivity index (χ2n) is 6.79. The lowest BCUT2D eigenvalue weighted by molar-refractivity contribution is -0.111. The van der Waals surface area contributed by atoms with E-state index in [1.165, 1.54) is 11.3 Å². The smallest absolute Gasteiger partial charge is 0.258 e. The minimum Gasteiger partial charge on any atom is -0.497 e. The van der Waals surface area contributed by atoms with Crippen molar-refractivity contribution >= 4 is 34.0 Å². The van der Waals surface area contributed by atoms with Gasteiger partial charge in [0.1, 0.15) is 16.5 Å². The van der Waals surface area contributed by atoms with Crippen LogP contribution in [0.4, 0.5) is 5.13 Å². The van der Waals surface area contributed by atoms with Gasteiger partial charge >= 0.3 is 0 Å². The summed E-state index contributed by atoms with van der Waals surface area (Å²) in [5.74, 6) is 1.26. The van der Waals surface area contributed by atoms with E-state index in [-0.39, 0.29) is 5.91 Å². The van der Waals surface area contributed by atoms with E-state index in [0.29, 0.717) is 15.7 Å². The lowest BCUT2D eigenvalue weighted by Crippen LogP contribution is -2.13. The first kappa shape index (κ1) is 21.3. The maximum atomic E-state index is 13.2. The molecule has 3 aromatic carbocycles. The molecule has 160 valence electrons. The number of methoxy groups -OCH3 is 2. The van der Waals surface area contributed by atoms with Crippen molar-refractivity contribution in [2.45, 2.75) is 0 Å². The van der Waals surface area contributed by atoms with Crippen molar-refractivity contribution in [3.8, 4) is 22.1 Å². The first-order valence-electron chi connectivity index (χ1n) is 9.87.